The molecule has 1 N–H and O–H groups in total. The van der Waals surface area contributed by atoms with Crippen LogP contribution in [0.15, 0.2) is 18.2 Å². The maximum Gasteiger partial charge on any atom is 0.181 e. The van der Waals surface area contributed by atoms with E-state index in [2.05, 4.69) is 15.2 Å². The SMILES string of the molecule is CCc1nc(-c2ccc(F)cc2C(C)C)n[nH]1. The Morgan fingerprint density at radius 1 is 1.35 bits per heavy atom. The summed E-state index contributed by atoms with van der Waals surface area (Å²) in [6, 6.07) is 4.75. The fourth-order valence-electron chi connectivity index (χ4n) is 1.79. The van der Waals surface area contributed by atoms with E-state index in [1.54, 1.807) is 12.1 Å². The maximum atomic E-state index is 13.2. The van der Waals surface area contributed by atoms with Gasteiger partial charge in [0.25, 0.3) is 0 Å². The minimum atomic E-state index is -0.219. The van der Waals surface area contributed by atoms with Crippen molar-refractivity contribution in [1.29, 1.82) is 0 Å². The Morgan fingerprint density at radius 3 is 2.71 bits per heavy atom. The van der Waals surface area contributed by atoms with E-state index in [1.807, 2.05) is 20.8 Å². The molecule has 0 radical (unpaired) electrons. The Morgan fingerprint density at radius 2 is 2.12 bits per heavy atom. The van der Waals surface area contributed by atoms with Crippen LogP contribution in [0.4, 0.5) is 4.39 Å². The van der Waals surface area contributed by atoms with E-state index in [-0.39, 0.29) is 11.7 Å². The second-order valence-corrected chi connectivity index (χ2v) is 4.35. The van der Waals surface area contributed by atoms with Gasteiger partial charge in [-0.1, -0.05) is 20.8 Å². The van der Waals surface area contributed by atoms with Gasteiger partial charge in [0, 0.05) is 12.0 Å². The molecule has 1 aromatic carbocycles. The van der Waals surface area contributed by atoms with Gasteiger partial charge in [0.15, 0.2) is 5.82 Å². The monoisotopic (exact) mass is 233 g/mol. The molecule has 0 unspecified atom stereocenters. The van der Waals surface area contributed by atoms with E-state index in [0.717, 1.165) is 23.4 Å². The number of halogens is 1. The van der Waals surface area contributed by atoms with Crippen LogP contribution in [0.1, 0.15) is 38.1 Å². The summed E-state index contributed by atoms with van der Waals surface area (Å²) in [5.41, 5.74) is 1.84. The fraction of sp³-hybridized carbons (Fsp3) is 0.385. The summed E-state index contributed by atoms with van der Waals surface area (Å²) in [7, 11) is 0. The van der Waals surface area contributed by atoms with Crippen LogP contribution in [-0.4, -0.2) is 15.2 Å². The molecule has 0 saturated heterocycles. The lowest BCUT2D eigenvalue weighted by Gasteiger charge is -2.10. The first-order chi connectivity index (χ1) is 8.11. The number of aryl methyl sites for hydroxylation is 1. The molecule has 0 aliphatic carbocycles. The lowest BCUT2D eigenvalue weighted by Crippen LogP contribution is -1.95. The molecule has 1 aromatic heterocycles. The van der Waals surface area contributed by atoms with Gasteiger partial charge in [0.1, 0.15) is 11.6 Å². The van der Waals surface area contributed by atoms with Crippen molar-refractivity contribution < 1.29 is 4.39 Å². The summed E-state index contributed by atoms with van der Waals surface area (Å²) in [6.45, 7) is 6.08. The molecule has 0 aliphatic rings. The number of nitrogens with one attached hydrogen (secondary N) is 1. The number of hydrogen-bond acceptors (Lipinski definition) is 2. The molecule has 90 valence electrons. The van der Waals surface area contributed by atoms with E-state index in [1.165, 1.54) is 6.07 Å². The van der Waals surface area contributed by atoms with Crippen molar-refractivity contribution in [3.8, 4) is 11.4 Å². The average Bonchev–Trinajstić information content (AvgIpc) is 2.77. The van der Waals surface area contributed by atoms with Gasteiger partial charge in [-0.25, -0.2) is 9.37 Å². The third-order valence-corrected chi connectivity index (χ3v) is 2.74. The first-order valence-corrected chi connectivity index (χ1v) is 5.83. The smallest absolute Gasteiger partial charge is 0.181 e. The van der Waals surface area contributed by atoms with Crippen LogP contribution in [0.5, 0.6) is 0 Å². The van der Waals surface area contributed by atoms with Gasteiger partial charge >= 0.3 is 0 Å². The number of benzene rings is 1. The van der Waals surface area contributed by atoms with Gasteiger partial charge in [-0.3, -0.25) is 5.10 Å². The minimum absolute atomic E-state index is 0.219. The fourth-order valence-corrected chi connectivity index (χ4v) is 1.79. The lowest BCUT2D eigenvalue weighted by atomic mass is 9.97. The molecular formula is C13H16FN3. The highest BCUT2D eigenvalue weighted by Gasteiger charge is 2.13. The predicted molar refractivity (Wildman–Crippen MR) is 65.2 cm³/mol. The summed E-state index contributed by atoms with van der Waals surface area (Å²) in [5, 5.41) is 7.05. The first kappa shape index (κ1) is 11.8. The highest BCUT2D eigenvalue weighted by atomic mass is 19.1. The zero-order valence-corrected chi connectivity index (χ0v) is 10.3. The molecule has 0 bridgehead atoms. The van der Waals surface area contributed by atoms with Crippen molar-refractivity contribution in [3.63, 3.8) is 0 Å². The second-order valence-electron chi connectivity index (χ2n) is 4.35. The van der Waals surface area contributed by atoms with E-state index in [4.69, 9.17) is 0 Å². The van der Waals surface area contributed by atoms with E-state index in [0.29, 0.717) is 5.82 Å². The zero-order chi connectivity index (χ0) is 12.4. The molecule has 17 heavy (non-hydrogen) atoms. The Labute approximate surface area is 100 Å². The third kappa shape index (κ3) is 2.35. The molecule has 2 aromatic rings. The van der Waals surface area contributed by atoms with Crippen molar-refractivity contribution in [1.82, 2.24) is 15.2 Å². The van der Waals surface area contributed by atoms with Crippen LogP contribution >= 0.6 is 0 Å². The highest BCUT2D eigenvalue weighted by Crippen LogP contribution is 2.27. The molecule has 0 fully saturated rings. The zero-order valence-electron chi connectivity index (χ0n) is 10.3. The number of nitrogens with zero attached hydrogens (tertiary/aromatic N) is 2. The first-order valence-electron chi connectivity index (χ1n) is 5.83. The van der Waals surface area contributed by atoms with Crippen LogP contribution in [0.2, 0.25) is 0 Å². The summed E-state index contributed by atoms with van der Waals surface area (Å²) < 4.78 is 13.2. The molecule has 0 aliphatic heterocycles. The van der Waals surface area contributed by atoms with Crippen molar-refractivity contribution in [2.24, 2.45) is 0 Å². The molecule has 3 nitrogen and oxygen atoms in total. The number of aromatic amines is 1. The number of aromatic nitrogens is 3. The number of H-pyrrole nitrogens is 1. The normalized spacial score (nSPS) is 11.1. The molecule has 0 atom stereocenters. The number of hydrogen-bond donors (Lipinski definition) is 1. The average molecular weight is 233 g/mol. The van der Waals surface area contributed by atoms with Crippen LogP contribution in [0, 0.1) is 5.82 Å². The largest absolute Gasteiger partial charge is 0.263 e. The van der Waals surface area contributed by atoms with Crippen LogP contribution in [0.3, 0.4) is 0 Å². The van der Waals surface area contributed by atoms with Gasteiger partial charge in [0.05, 0.1) is 0 Å². The van der Waals surface area contributed by atoms with Crippen molar-refractivity contribution in [2.45, 2.75) is 33.1 Å². The molecule has 2 rings (SSSR count). The number of rotatable bonds is 3. The Bertz CT molecular complexity index is 517. The van der Waals surface area contributed by atoms with Crippen LogP contribution in [0.25, 0.3) is 11.4 Å². The van der Waals surface area contributed by atoms with Gasteiger partial charge in [-0.15, -0.1) is 0 Å². The minimum Gasteiger partial charge on any atom is -0.263 e. The molecular weight excluding hydrogens is 217 g/mol. The summed E-state index contributed by atoms with van der Waals surface area (Å²) in [6.07, 6.45) is 0.811. The van der Waals surface area contributed by atoms with Crippen molar-refractivity contribution in [2.75, 3.05) is 0 Å². The van der Waals surface area contributed by atoms with Gasteiger partial charge in [-0.05, 0) is 29.7 Å². The summed E-state index contributed by atoms with van der Waals surface area (Å²) in [4.78, 5) is 4.38. The van der Waals surface area contributed by atoms with Crippen molar-refractivity contribution in [3.05, 3.63) is 35.4 Å². The quantitative estimate of drug-likeness (QED) is 0.883. The van der Waals surface area contributed by atoms with Crippen LogP contribution < -0.4 is 0 Å². The van der Waals surface area contributed by atoms with Crippen molar-refractivity contribution >= 4 is 0 Å². The maximum absolute atomic E-state index is 13.2. The molecule has 0 spiro atoms. The van der Waals surface area contributed by atoms with E-state index in [9.17, 15) is 4.39 Å². The molecule has 0 amide bonds. The van der Waals surface area contributed by atoms with E-state index >= 15 is 0 Å². The third-order valence-electron chi connectivity index (χ3n) is 2.74. The Hall–Kier alpha value is -1.71. The predicted octanol–water partition coefficient (Wildman–Crippen LogP) is 3.30. The topological polar surface area (TPSA) is 41.6 Å². The standard InChI is InChI=1S/C13H16FN3/c1-4-12-15-13(17-16-12)10-6-5-9(14)7-11(10)8(2)3/h5-8H,4H2,1-3H3,(H,15,16,17). The van der Waals surface area contributed by atoms with Gasteiger partial charge in [0.2, 0.25) is 0 Å². The highest BCUT2D eigenvalue weighted by molar-refractivity contribution is 5.60. The molecule has 4 heteroatoms. The molecule has 0 saturated carbocycles. The lowest BCUT2D eigenvalue weighted by molar-refractivity contribution is 0.623. The van der Waals surface area contributed by atoms with Gasteiger partial charge in [-0.2, -0.15) is 5.10 Å². The van der Waals surface area contributed by atoms with Crippen LogP contribution in [-0.2, 0) is 6.42 Å². The van der Waals surface area contributed by atoms with Gasteiger partial charge < -0.3 is 0 Å². The second kappa shape index (κ2) is 4.65. The Balaban J connectivity index is 2.50. The molecule has 1 heterocycles. The summed E-state index contributed by atoms with van der Waals surface area (Å²) >= 11 is 0. The van der Waals surface area contributed by atoms with E-state index < -0.39 is 0 Å². The summed E-state index contributed by atoms with van der Waals surface area (Å²) in [5.74, 6) is 1.51. The Kier molecular flexibility index (Phi) is 3.22.